The van der Waals surface area contributed by atoms with Gasteiger partial charge in [0.05, 0.1) is 12.2 Å². The van der Waals surface area contributed by atoms with Crippen LogP contribution in [-0.2, 0) is 40.3 Å². The average Bonchev–Trinajstić information content (AvgIpc) is 3.32. The Balaban J connectivity index is 1.31. The van der Waals surface area contributed by atoms with E-state index in [1.54, 1.807) is 4.68 Å². The highest BCUT2D eigenvalue weighted by Gasteiger charge is 2.35. The van der Waals surface area contributed by atoms with E-state index in [9.17, 15) is 4.79 Å². The molecule has 0 aliphatic carbocycles. The van der Waals surface area contributed by atoms with E-state index in [2.05, 4.69) is 31.2 Å². The summed E-state index contributed by atoms with van der Waals surface area (Å²) in [5.41, 5.74) is 3.21. The van der Waals surface area contributed by atoms with Crippen molar-refractivity contribution >= 4 is 0 Å². The van der Waals surface area contributed by atoms with Gasteiger partial charge < -0.3 is 9.13 Å². The van der Waals surface area contributed by atoms with Crippen LogP contribution in [0.4, 0.5) is 0 Å². The molecule has 0 saturated carbocycles. The van der Waals surface area contributed by atoms with Gasteiger partial charge in [-0.2, -0.15) is 0 Å². The molecule has 0 spiro atoms. The maximum absolute atomic E-state index is 13.3. The second-order valence-electron chi connectivity index (χ2n) is 9.20. The maximum atomic E-state index is 13.3. The zero-order chi connectivity index (χ0) is 21.5. The van der Waals surface area contributed by atoms with Gasteiger partial charge in [0.1, 0.15) is 5.82 Å². The zero-order valence-corrected chi connectivity index (χ0v) is 18.5. The van der Waals surface area contributed by atoms with Crippen molar-refractivity contribution in [1.29, 1.82) is 0 Å². The molecule has 9 nitrogen and oxygen atoms in total. The zero-order valence-electron chi connectivity index (χ0n) is 18.5. The molecule has 0 aromatic carbocycles. The van der Waals surface area contributed by atoms with Crippen LogP contribution in [0, 0.1) is 5.92 Å². The van der Waals surface area contributed by atoms with E-state index >= 15 is 0 Å². The molecule has 1 fully saturated rings. The normalized spacial score (nSPS) is 20.9. The van der Waals surface area contributed by atoms with Crippen molar-refractivity contribution in [2.75, 3.05) is 20.1 Å². The van der Waals surface area contributed by atoms with Crippen molar-refractivity contribution in [2.45, 2.75) is 38.5 Å². The smallest absolute Gasteiger partial charge is 0.255 e. The molecule has 2 bridgehead atoms. The maximum Gasteiger partial charge on any atom is 0.255 e. The van der Waals surface area contributed by atoms with Gasteiger partial charge in [0.2, 0.25) is 0 Å². The van der Waals surface area contributed by atoms with E-state index in [4.69, 9.17) is 0 Å². The summed E-state index contributed by atoms with van der Waals surface area (Å²) in [7, 11) is 5.93. The average molecular weight is 423 g/mol. The van der Waals surface area contributed by atoms with Crippen molar-refractivity contribution < 1.29 is 0 Å². The van der Waals surface area contributed by atoms with Crippen LogP contribution >= 0.6 is 0 Å². The number of hydrogen-bond acceptors (Lipinski definition) is 6. The largest absolute Gasteiger partial charge is 0.337 e. The lowest BCUT2D eigenvalue weighted by Gasteiger charge is -2.42. The number of likely N-dealkylation sites (tertiary alicyclic amines) is 1. The first-order chi connectivity index (χ1) is 15.0. The van der Waals surface area contributed by atoms with Crippen LogP contribution in [0.15, 0.2) is 35.5 Å². The van der Waals surface area contributed by atoms with E-state index in [-0.39, 0.29) is 5.56 Å². The van der Waals surface area contributed by atoms with Crippen LogP contribution < -0.4 is 5.56 Å². The minimum absolute atomic E-state index is 0.168. The van der Waals surface area contributed by atoms with Crippen LogP contribution in [-0.4, -0.2) is 59.0 Å². The van der Waals surface area contributed by atoms with E-state index in [0.717, 1.165) is 49.7 Å². The predicted octanol–water partition coefficient (Wildman–Crippen LogP) is 0.962. The van der Waals surface area contributed by atoms with Gasteiger partial charge in [-0.3, -0.25) is 19.3 Å². The second-order valence-corrected chi connectivity index (χ2v) is 9.20. The van der Waals surface area contributed by atoms with E-state index in [1.165, 1.54) is 5.69 Å². The van der Waals surface area contributed by atoms with Crippen LogP contribution in [0.2, 0.25) is 0 Å². The van der Waals surface area contributed by atoms with Gasteiger partial charge in [-0.1, -0.05) is 11.3 Å². The van der Waals surface area contributed by atoms with Crippen molar-refractivity contribution in [2.24, 2.45) is 20.0 Å². The van der Waals surface area contributed by atoms with Gasteiger partial charge in [0.25, 0.3) is 5.56 Å². The number of rotatable bonds is 6. The molecule has 1 saturated heterocycles. The van der Waals surface area contributed by atoms with Gasteiger partial charge in [-0.05, 0) is 25.5 Å². The van der Waals surface area contributed by atoms with Gasteiger partial charge in [0, 0.05) is 82.6 Å². The Bertz CT molecular complexity index is 1130. The van der Waals surface area contributed by atoms with Gasteiger partial charge in [-0.25, -0.2) is 4.98 Å². The second kappa shape index (κ2) is 8.05. The molecule has 2 atom stereocenters. The van der Waals surface area contributed by atoms with Crippen LogP contribution in [0.25, 0.3) is 0 Å². The molecule has 2 aliphatic rings. The summed E-state index contributed by atoms with van der Waals surface area (Å²) >= 11 is 0. The standard InChI is InChI=1S/C22H30N8O/c1-26(15-21-23-6-7-27(21)2)11-17-4-5-20-18-8-16(10-30(20)22(17)31)9-29(12-18)14-19-13-28(3)25-24-19/h4-7,13,16,18H,8-12,14-15H2,1-3H3/t16-,18+/m0/s1. The Morgan fingerprint density at radius 1 is 1.16 bits per heavy atom. The highest BCUT2D eigenvalue weighted by molar-refractivity contribution is 5.22. The van der Waals surface area contributed by atoms with E-state index in [1.807, 2.05) is 54.9 Å². The number of imidazole rings is 1. The third-order valence-corrected chi connectivity index (χ3v) is 6.57. The minimum Gasteiger partial charge on any atom is -0.337 e. The summed E-state index contributed by atoms with van der Waals surface area (Å²) in [5.74, 6) is 1.90. The Labute approximate surface area is 181 Å². The summed E-state index contributed by atoms with van der Waals surface area (Å²) in [6.07, 6.45) is 6.90. The molecule has 2 aliphatic heterocycles. The molecule has 0 N–H and O–H groups in total. The first-order valence-corrected chi connectivity index (χ1v) is 10.9. The SMILES string of the molecule is CN(Cc1ccc2n(c1=O)C[C@H]1C[C@@H]2CN(Cc2cn(C)nn2)C1)Cc1nccn1C. The number of piperidine rings is 1. The molecule has 9 heteroatoms. The van der Waals surface area contributed by atoms with Crippen LogP contribution in [0.3, 0.4) is 0 Å². The summed E-state index contributed by atoms with van der Waals surface area (Å²) in [6.45, 7) is 4.93. The molecule has 0 unspecified atom stereocenters. The van der Waals surface area contributed by atoms with E-state index in [0.29, 0.717) is 24.9 Å². The highest BCUT2D eigenvalue weighted by Crippen LogP contribution is 2.35. The summed E-state index contributed by atoms with van der Waals surface area (Å²) in [5, 5.41) is 8.29. The summed E-state index contributed by atoms with van der Waals surface area (Å²) in [6, 6.07) is 4.21. The molecule has 0 radical (unpaired) electrons. The third-order valence-electron chi connectivity index (χ3n) is 6.57. The monoisotopic (exact) mass is 422 g/mol. The van der Waals surface area contributed by atoms with E-state index < -0.39 is 0 Å². The number of hydrogen-bond donors (Lipinski definition) is 0. The molecule has 31 heavy (non-hydrogen) atoms. The molecule has 5 heterocycles. The first kappa shape index (κ1) is 20.1. The van der Waals surface area contributed by atoms with Gasteiger partial charge >= 0.3 is 0 Å². The van der Waals surface area contributed by atoms with Crippen LogP contribution in [0.5, 0.6) is 0 Å². The van der Waals surface area contributed by atoms with Crippen molar-refractivity contribution in [3.05, 3.63) is 63.9 Å². The molecule has 3 aromatic heterocycles. The fourth-order valence-electron chi connectivity index (χ4n) is 5.17. The number of fused-ring (bicyclic) bond motifs is 4. The Hall–Kier alpha value is -2.78. The van der Waals surface area contributed by atoms with Gasteiger partial charge in [0.15, 0.2) is 0 Å². The number of aryl methyl sites for hydroxylation is 2. The number of aromatic nitrogens is 6. The lowest BCUT2D eigenvalue weighted by molar-refractivity contribution is 0.113. The van der Waals surface area contributed by atoms with Crippen molar-refractivity contribution in [3.63, 3.8) is 0 Å². The summed E-state index contributed by atoms with van der Waals surface area (Å²) in [4.78, 5) is 22.3. The quantitative estimate of drug-likeness (QED) is 0.589. The minimum atomic E-state index is 0.168. The predicted molar refractivity (Wildman–Crippen MR) is 116 cm³/mol. The van der Waals surface area contributed by atoms with Crippen molar-refractivity contribution in [3.8, 4) is 0 Å². The fraction of sp³-hybridized carbons (Fsp3) is 0.545. The molecular weight excluding hydrogens is 392 g/mol. The highest BCUT2D eigenvalue weighted by atomic mass is 16.1. The third kappa shape index (κ3) is 4.07. The van der Waals surface area contributed by atoms with Gasteiger partial charge in [-0.15, -0.1) is 5.10 Å². The Morgan fingerprint density at radius 2 is 2.03 bits per heavy atom. The van der Waals surface area contributed by atoms with Crippen molar-refractivity contribution in [1.82, 2.24) is 38.9 Å². The number of nitrogens with zero attached hydrogens (tertiary/aromatic N) is 8. The fourth-order valence-corrected chi connectivity index (χ4v) is 5.17. The molecule has 5 rings (SSSR count). The Kier molecular flexibility index (Phi) is 5.23. The molecule has 0 amide bonds. The topological polar surface area (TPSA) is 77.0 Å². The number of pyridine rings is 1. The summed E-state index contributed by atoms with van der Waals surface area (Å²) < 4.78 is 5.81. The molecular formula is C22H30N8O. The van der Waals surface area contributed by atoms with Crippen LogP contribution in [0.1, 0.15) is 35.1 Å². The first-order valence-electron chi connectivity index (χ1n) is 10.9. The molecule has 3 aromatic rings. The lowest BCUT2D eigenvalue weighted by atomic mass is 9.83. The lowest BCUT2D eigenvalue weighted by Crippen LogP contribution is -2.47. The Morgan fingerprint density at radius 3 is 2.77 bits per heavy atom. The molecule has 164 valence electrons.